The molecule has 0 N–H and O–H groups in total. The van der Waals surface area contributed by atoms with E-state index in [1.165, 1.54) is 0 Å². The maximum Gasteiger partial charge on any atom is 0.246 e. The van der Waals surface area contributed by atoms with Crippen LogP contribution in [0.3, 0.4) is 0 Å². The summed E-state index contributed by atoms with van der Waals surface area (Å²) in [4.78, 5) is 14.1. The van der Waals surface area contributed by atoms with E-state index in [1.54, 1.807) is 4.90 Å². The summed E-state index contributed by atoms with van der Waals surface area (Å²) in [6.45, 7) is 8.21. The molecule has 0 saturated carbocycles. The molecule has 0 saturated heterocycles. The lowest BCUT2D eigenvalue weighted by Crippen LogP contribution is -2.31. The number of hydrogen-bond donors (Lipinski definition) is 0. The standard InChI is InChI=1S/C19H20ClNO/c1-4-16-12-8-9-14(2)19(16)21(18(22)13-20)15(3)17-10-6-5-7-11-17/h5-12H,3-4,13H2,1-2H3. The van der Waals surface area contributed by atoms with Crippen LogP contribution < -0.4 is 4.90 Å². The highest BCUT2D eigenvalue weighted by molar-refractivity contribution is 6.31. The van der Waals surface area contributed by atoms with Crippen molar-refractivity contribution in [2.45, 2.75) is 20.3 Å². The molecule has 0 unspecified atom stereocenters. The summed E-state index contributed by atoms with van der Waals surface area (Å²) in [5.74, 6) is -0.247. The molecule has 2 nitrogen and oxygen atoms in total. The summed E-state index contributed by atoms with van der Waals surface area (Å²) < 4.78 is 0. The fourth-order valence-electron chi connectivity index (χ4n) is 2.55. The second-order valence-electron chi connectivity index (χ2n) is 5.11. The van der Waals surface area contributed by atoms with Crippen molar-refractivity contribution in [3.8, 4) is 0 Å². The average Bonchev–Trinajstić information content (AvgIpc) is 2.56. The first kappa shape index (κ1) is 16.3. The second kappa shape index (κ2) is 7.28. The van der Waals surface area contributed by atoms with Crippen molar-refractivity contribution in [3.63, 3.8) is 0 Å². The van der Waals surface area contributed by atoms with Crippen LogP contribution in [0.15, 0.2) is 55.1 Å². The minimum absolute atomic E-state index is 0.0800. The number of nitrogens with zero attached hydrogens (tertiary/aromatic N) is 1. The average molecular weight is 314 g/mol. The summed E-state index contributed by atoms with van der Waals surface area (Å²) in [5, 5.41) is 0. The third kappa shape index (κ3) is 3.23. The largest absolute Gasteiger partial charge is 0.279 e. The maximum atomic E-state index is 12.5. The molecule has 2 aromatic rings. The maximum absolute atomic E-state index is 12.5. The van der Waals surface area contributed by atoms with Crippen LogP contribution in [0.1, 0.15) is 23.6 Å². The van der Waals surface area contributed by atoms with E-state index in [0.717, 1.165) is 28.8 Å². The van der Waals surface area contributed by atoms with Gasteiger partial charge in [0.1, 0.15) is 5.88 Å². The molecule has 0 aliphatic heterocycles. The third-order valence-electron chi connectivity index (χ3n) is 3.67. The van der Waals surface area contributed by atoms with Crippen LogP contribution >= 0.6 is 11.6 Å². The van der Waals surface area contributed by atoms with Gasteiger partial charge in [0, 0.05) is 5.70 Å². The van der Waals surface area contributed by atoms with Gasteiger partial charge in [0.15, 0.2) is 0 Å². The van der Waals surface area contributed by atoms with Gasteiger partial charge in [-0.25, -0.2) is 0 Å². The molecule has 0 atom stereocenters. The summed E-state index contributed by atoms with van der Waals surface area (Å²) in [6.07, 6.45) is 0.838. The monoisotopic (exact) mass is 313 g/mol. The zero-order valence-electron chi connectivity index (χ0n) is 13.0. The van der Waals surface area contributed by atoms with Crippen molar-refractivity contribution < 1.29 is 4.79 Å². The Balaban J connectivity index is 2.58. The molecule has 0 fully saturated rings. The molecule has 0 bridgehead atoms. The lowest BCUT2D eigenvalue weighted by atomic mass is 10.0. The topological polar surface area (TPSA) is 20.3 Å². The highest BCUT2D eigenvalue weighted by Gasteiger charge is 2.22. The van der Waals surface area contributed by atoms with Gasteiger partial charge < -0.3 is 0 Å². The van der Waals surface area contributed by atoms with E-state index in [1.807, 2.05) is 55.5 Å². The Labute approximate surface area is 137 Å². The van der Waals surface area contributed by atoms with Crippen LogP contribution in [0.2, 0.25) is 0 Å². The molecule has 0 radical (unpaired) electrons. The van der Waals surface area contributed by atoms with Crippen LogP contribution in [0.4, 0.5) is 5.69 Å². The van der Waals surface area contributed by atoms with E-state index in [-0.39, 0.29) is 11.8 Å². The van der Waals surface area contributed by atoms with Crippen LogP contribution in [-0.4, -0.2) is 11.8 Å². The zero-order chi connectivity index (χ0) is 16.1. The molecule has 0 heterocycles. The normalized spacial score (nSPS) is 10.3. The number of benzene rings is 2. The Morgan fingerprint density at radius 3 is 2.41 bits per heavy atom. The number of para-hydroxylation sites is 1. The smallest absolute Gasteiger partial charge is 0.246 e. The first-order chi connectivity index (χ1) is 10.6. The zero-order valence-corrected chi connectivity index (χ0v) is 13.7. The Morgan fingerprint density at radius 2 is 1.82 bits per heavy atom. The van der Waals surface area contributed by atoms with E-state index in [0.29, 0.717) is 5.70 Å². The van der Waals surface area contributed by atoms with E-state index in [9.17, 15) is 4.79 Å². The first-order valence-electron chi connectivity index (χ1n) is 7.31. The van der Waals surface area contributed by atoms with Gasteiger partial charge in [-0.15, -0.1) is 11.6 Å². The Morgan fingerprint density at radius 1 is 1.14 bits per heavy atom. The number of carbonyl (C=O) groups is 1. The predicted molar refractivity (Wildman–Crippen MR) is 94.2 cm³/mol. The van der Waals surface area contributed by atoms with Crippen molar-refractivity contribution in [1.82, 2.24) is 0 Å². The molecule has 0 spiro atoms. The van der Waals surface area contributed by atoms with Gasteiger partial charge in [0.05, 0.1) is 5.69 Å². The van der Waals surface area contributed by atoms with Gasteiger partial charge in [0.2, 0.25) is 5.91 Å². The van der Waals surface area contributed by atoms with Crippen LogP contribution in [-0.2, 0) is 11.2 Å². The number of carbonyl (C=O) groups excluding carboxylic acids is 1. The molecule has 1 amide bonds. The molecule has 0 aliphatic carbocycles. The molecular weight excluding hydrogens is 294 g/mol. The summed E-state index contributed by atoms with van der Waals surface area (Å²) in [5.41, 5.74) is 4.59. The second-order valence-corrected chi connectivity index (χ2v) is 5.38. The molecule has 0 aliphatic rings. The van der Waals surface area contributed by atoms with E-state index in [2.05, 4.69) is 13.5 Å². The molecule has 2 aromatic carbocycles. The number of aryl methyl sites for hydroxylation is 2. The van der Waals surface area contributed by atoms with Gasteiger partial charge in [-0.1, -0.05) is 62.0 Å². The Bertz CT molecular complexity index is 679. The third-order valence-corrected chi connectivity index (χ3v) is 3.90. The number of rotatable bonds is 5. The fraction of sp³-hybridized carbons (Fsp3) is 0.211. The predicted octanol–water partition coefficient (Wildman–Crippen LogP) is 4.80. The number of anilines is 1. The van der Waals surface area contributed by atoms with Crippen molar-refractivity contribution in [2.75, 3.05) is 10.8 Å². The Hall–Kier alpha value is -2.06. The van der Waals surface area contributed by atoms with Crippen molar-refractivity contribution >= 4 is 28.9 Å². The molecular formula is C19H20ClNO. The highest BCUT2D eigenvalue weighted by Crippen LogP contribution is 2.32. The summed E-state index contributed by atoms with van der Waals surface area (Å²) >= 11 is 5.84. The van der Waals surface area contributed by atoms with Gasteiger partial charge >= 0.3 is 0 Å². The number of alkyl halides is 1. The number of halogens is 1. The fourth-order valence-corrected chi connectivity index (χ4v) is 2.67. The molecule has 2 rings (SSSR count). The SMILES string of the molecule is C=C(c1ccccc1)N(C(=O)CCl)c1c(C)cccc1CC. The van der Waals surface area contributed by atoms with E-state index >= 15 is 0 Å². The molecule has 114 valence electrons. The quantitative estimate of drug-likeness (QED) is 0.726. The van der Waals surface area contributed by atoms with Crippen LogP contribution in [0.5, 0.6) is 0 Å². The van der Waals surface area contributed by atoms with Crippen LogP contribution in [0.25, 0.3) is 5.70 Å². The van der Waals surface area contributed by atoms with Gasteiger partial charge in [0.25, 0.3) is 0 Å². The lowest BCUT2D eigenvalue weighted by Gasteiger charge is -2.28. The first-order valence-corrected chi connectivity index (χ1v) is 7.85. The van der Waals surface area contributed by atoms with Crippen molar-refractivity contribution in [2.24, 2.45) is 0 Å². The summed E-state index contributed by atoms with van der Waals surface area (Å²) in [7, 11) is 0. The molecule has 3 heteroatoms. The van der Waals surface area contributed by atoms with E-state index < -0.39 is 0 Å². The number of hydrogen-bond acceptors (Lipinski definition) is 1. The highest BCUT2D eigenvalue weighted by atomic mass is 35.5. The number of amides is 1. The lowest BCUT2D eigenvalue weighted by molar-refractivity contribution is -0.115. The van der Waals surface area contributed by atoms with Gasteiger partial charge in [-0.3, -0.25) is 9.69 Å². The molecule has 0 aromatic heterocycles. The molecule has 22 heavy (non-hydrogen) atoms. The minimum Gasteiger partial charge on any atom is -0.279 e. The van der Waals surface area contributed by atoms with Gasteiger partial charge in [-0.2, -0.15) is 0 Å². The van der Waals surface area contributed by atoms with Crippen molar-refractivity contribution in [3.05, 3.63) is 71.8 Å². The van der Waals surface area contributed by atoms with Crippen molar-refractivity contribution in [1.29, 1.82) is 0 Å². The van der Waals surface area contributed by atoms with E-state index in [4.69, 9.17) is 11.6 Å². The van der Waals surface area contributed by atoms with Crippen LogP contribution in [0, 0.1) is 6.92 Å². The summed E-state index contributed by atoms with van der Waals surface area (Å²) in [6, 6.07) is 15.7. The van der Waals surface area contributed by atoms with Gasteiger partial charge in [-0.05, 0) is 30.0 Å². The Kier molecular flexibility index (Phi) is 5.40. The minimum atomic E-state index is -0.167.